The number of aryl methyl sites for hydroxylation is 2. The maximum absolute atomic E-state index is 13.1. The van der Waals surface area contributed by atoms with Crippen LogP contribution in [0.15, 0.2) is 24.5 Å². The number of amides is 1. The molecular formula is C19H26N6O. The van der Waals surface area contributed by atoms with Crippen molar-refractivity contribution in [2.24, 2.45) is 7.05 Å². The van der Waals surface area contributed by atoms with Gasteiger partial charge in [0.2, 0.25) is 5.91 Å². The van der Waals surface area contributed by atoms with Crippen molar-refractivity contribution in [3.8, 4) is 0 Å². The van der Waals surface area contributed by atoms with E-state index in [0.29, 0.717) is 6.04 Å². The van der Waals surface area contributed by atoms with Crippen LogP contribution in [0.3, 0.4) is 0 Å². The summed E-state index contributed by atoms with van der Waals surface area (Å²) in [6.07, 6.45) is 7.64. The molecule has 0 radical (unpaired) electrons. The van der Waals surface area contributed by atoms with Crippen molar-refractivity contribution in [2.45, 2.75) is 44.2 Å². The summed E-state index contributed by atoms with van der Waals surface area (Å²) in [6, 6.07) is 4.45. The normalized spacial score (nSPS) is 22.7. The minimum absolute atomic E-state index is 0.0657. The van der Waals surface area contributed by atoms with Crippen LogP contribution >= 0.6 is 0 Å². The number of hydrogen-bond acceptors (Lipinski definition) is 5. The molecule has 4 rings (SSSR count). The molecule has 2 aromatic heterocycles. The maximum atomic E-state index is 13.1. The van der Waals surface area contributed by atoms with Crippen LogP contribution in [0.5, 0.6) is 0 Å². The second kappa shape index (κ2) is 7.15. The van der Waals surface area contributed by atoms with Crippen LogP contribution in [0.4, 0.5) is 0 Å². The number of aromatic nitrogens is 4. The zero-order valence-electron chi connectivity index (χ0n) is 15.5. The summed E-state index contributed by atoms with van der Waals surface area (Å²) in [7, 11) is 3.93. The number of carbonyl (C=O) groups excluding carboxylic acids is 1. The van der Waals surface area contributed by atoms with Gasteiger partial charge in [-0.25, -0.2) is 0 Å². The summed E-state index contributed by atoms with van der Waals surface area (Å²) in [5.41, 5.74) is 3.21. The molecule has 2 atom stereocenters. The minimum atomic E-state index is -0.0657. The summed E-state index contributed by atoms with van der Waals surface area (Å²) in [6.45, 7) is 2.37. The van der Waals surface area contributed by atoms with E-state index >= 15 is 0 Å². The van der Waals surface area contributed by atoms with Gasteiger partial charge in [-0.1, -0.05) is 6.07 Å². The molecule has 2 unspecified atom stereocenters. The average molecular weight is 354 g/mol. The van der Waals surface area contributed by atoms with Crippen LogP contribution in [0.1, 0.15) is 42.1 Å². The highest BCUT2D eigenvalue weighted by molar-refractivity contribution is 5.84. The second-order valence-corrected chi connectivity index (χ2v) is 7.46. The Labute approximate surface area is 154 Å². The number of rotatable bonds is 4. The van der Waals surface area contributed by atoms with Crippen molar-refractivity contribution in [2.75, 3.05) is 20.1 Å². The van der Waals surface area contributed by atoms with E-state index in [9.17, 15) is 4.79 Å². The molecule has 0 aromatic carbocycles. The van der Waals surface area contributed by atoms with Gasteiger partial charge in [0.15, 0.2) is 0 Å². The van der Waals surface area contributed by atoms with Crippen molar-refractivity contribution in [3.05, 3.63) is 41.5 Å². The summed E-state index contributed by atoms with van der Waals surface area (Å²) >= 11 is 0. The molecule has 2 aromatic rings. The number of pyridine rings is 1. The van der Waals surface area contributed by atoms with Crippen molar-refractivity contribution < 1.29 is 4.79 Å². The summed E-state index contributed by atoms with van der Waals surface area (Å²) in [5.74, 6) is 0.184. The van der Waals surface area contributed by atoms with Gasteiger partial charge in [-0.15, -0.1) is 0 Å². The molecule has 1 saturated heterocycles. The van der Waals surface area contributed by atoms with Crippen LogP contribution in [-0.2, 0) is 24.8 Å². The number of hydrogen-bond donors (Lipinski definition) is 0. The third-order valence-corrected chi connectivity index (χ3v) is 5.65. The Morgan fingerprint density at radius 3 is 3.08 bits per heavy atom. The Kier molecular flexibility index (Phi) is 4.72. The molecule has 7 nitrogen and oxygen atoms in total. The molecule has 7 heteroatoms. The molecule has 1 aliphatic heterocycles. The smallest absolute Gasteiger partial charge is 0.231 e. The average Bonchev–Trinajstić information content (AvgIpc) is 3.30. The van der Waals surface area contributed by atoms with E-state index in [1.807, 2.05) is 24.2 Å². The highest BCUT2D eigenvalue weighted by Gasteiger charge is 2.35. The zero-order chi connectivity index (χ0) is 18.1. The van der Waals surface area contributed by atoms with Crippen molar-refractivity contribution in [1.82, 2.24) is 29.8 Å². The molecule has 26 heavy (non-hydrogen) atoms. The molecule has 0 saturated carbocycles. The Morgan fingerprint density at radius 2 is 2.27 bits per heavy atom. The molecular weight excluding hydrogens is 328 g/mol. The van der Waals surface area contributed by atoms with Gasteiger partial charge in [0.1, 0.15) is 0 Å². The van der Waals surface area contributed by atoms with Crippen molar-refractivity contribution in [3.63, 3.8) is 0 Å². The van der Waals surface area contributed by atoms with Gasteiger partial charge in [0, 0.05) is 38.9 Å². The first-order valence-electron chi connectivity index (χ1n) is 9.40. The lowest BCUT2D eigenvalue weighted by Crippen LogP contribution is -2.39. The van der Waals surface area contributed by atoms with E-state index in [2.05, 4.69) is 33.2 Å². The molecule has 1 fully saturated rings. The lowest BCUT2D eigenvalue weighted by molar-refractivity contribution is -0.132. The third kappa shape index (κ3) is 3.35. The van der Waals surface area contributed by atoms with Crippen LogP contribution in [-0.4, -0.2) is 61.9 Å². The molecule has 0 N–H and O–H groups in total. The van der Waals surface area contributed by atoms with Gasteiger partial charge in [0.05, 0.1) is 23.5 Å². The summed E-state index contributed by atoms with van der Waals surface area (Å²) in [5, 5.41) is 8.48. The summed E-state index contributed by atoms with van der Waals surface area (Å²) in [4.78, 5) is 23.6. The van der Waals surface area contributed by atoms with Gasteiger partial charge in [-0.05, 0) is 44.4 Å². The van der Waals surface area contributed by atoms with Crippen LogP contribution in [0.25, 0.3) is 0 Å². The number of fused-ring (bicyclic) bond motifs is 1. The van der Waals surface area contributed by atoms with Gasteiger partial charge < -0.3 is 4.90 Å². The van der Waals surface area contributed by atoms with E-state index < -0.39 is 0 Å². The van der Waals surface area contributed by atoms with E-state index in [0.717, 1.165) is 56.7 Å². The molecule has 138 valence electrons. The van der Waals surface area contributed by atoms with E-state index in [-0.39, 0.29) is 11.8 Å². The molecule has 0 spiro atoms. The van der Waals surface area contributed by atoms with Gasteiger partial charge in [-0.3, -0.25) is 14.7 Å². The predicted molar refractivity (Wildman–Crippen MR) is 97.4 cm³/mol. The number of likely N-dealkylation sites (N-methyl/N-ethyl adjacent to an activating group) is 1. The zero-order valence-corrected chi connectivity index (χ0v) is 15.5. The van der Waals surface area contributed by atoms with E-state index in [1.165, 1.54) is 5.56 Å². The number of carbonyl (C=O) groups is 1. The molecule has 1 aliphatic carbocycles. The Morgan fingerprint density at radius 1 is 1.38 bits per heavy atom. The first-order chi connectivity index (χ1) is 12.6. The fraction of sp³-hybridized carbons (Fsp3) is 0.579. The quantitative estimate of drug-likeness (QED) is 0.829. The Balaban J connectivity index is 1.40. The fourth-order valence-electron chi connectivity index (χ4n) is 4.22. The lowest BCUT2D eigenvalue weighted by Gasteiger charge is -2.28. The number of likely N-dealkylation sites (tertiary alicyclic amines) is 1. The topological polar surface area (TPSA) is 67.2 Å². The predicted octanol–water partition coefficient (Wildman–Crippen LogP) is 1.36. The molecule has 2 aliphatic rings. The SMILES string of the molecule is CN(Cc1cnn(C)n1)C1CCN(C(=O)C2CCCc3cccnc32)C1. The molecule has 3 heterocycles. The number of nitrogens with zero attached hydrogens (tertiary/aromatic N) is 6. The maximum Gasteiger partial charge on any atom is 0.231 e. The first kappa shape index (κ1) is 17.1. The van der Waals surface area contributed by atoms with E-state index in [1.54, 1.807) is 11.0 Å². The van der Waals surface area contributed by atoms with Crippen molar-refractivity contribution in [1.29, 1.82) is 0 Å². The highest BCUT2D eigenvalue weighted by Crippen LogP contribution is 2.32. The lowest BCUT2D eigenvalue weighted by atomic mass is 9.86. The Hall–Kier alpha value is -2.28. The Bertz CT molecular complexity index is 788. The van der Waals surface area contributed by atoms with Crippen LogP contribution in [0.2, 0.25) is 0 Å². The largest absolute Gasteiger partial charge is 0.340 e. The van der Waals surface area contributed by atoms with Crippen LogP contribution < -0.4 is 0 Å². The third-order valence-electron chi connectivity index (χ3n) is 5.65. The second-order valence-electron chi connectivity index (χ2n) is 7.46. The first-order valence-corrected chi connectivity index (χ1v) is 9.40. The molecule has 0 bridgehead atoms. The van der Waals surface area contributed by atoms with E-state index in [4.69, 9.17) is 0 Å². The fourth-order valence-corrected chi connectivity index (χ4v) is 4.22. The monoisotopic (exact) mass is 354 g/mol. The summed E-state index contributed by atoms with van der Waals surface area (Å²) < 4.78 is 0. The highest BCUT2D eigenvalue weighted by atomic mass is 16.2. The molecule has 1 amide bonds. The van der Waals surface area contributed by atoms with Crippen molar-refractivity contribution >= 4 is 5.91 Å². The minimum Gasteiger partial charge on any atom is -0.340 e. The van der Waals surface area contributed by atoms with Gasteiger partial charge >= 0.3 is 0 Å². The van der Waals surface area contributed by atoms with Crippen LogP contribution in [0, 0.1) is 0 Å². The standard InChI is InChI=1S/C19H26N6O/c1-23(12-15-11-21-24(2)22-15)16-8-10-25(13-16)19(26)17-7-3-5-14-6-4-9-20-18(14)17/h4,6,9,11,16-17H,3,5,7-8,10,12-13H2,1-2H3. The van der Waals surface area contributed by atoms with Gasteiger partial charge in [0.25, 0.3) is 0 Å². The van der Waals surface area contributed by atoms with Gasteiger partial charge in [-0.2, -0.15) is 15.0 Å².